The third kappa shape index (κ3) is 4.38. The average Bonchev–Trinajstić information content (AvgIpc) is 2.66. The van der Waals surface area contributed by atoms with Gasteiger partial charge in [0, 0.05) is 12.0 Å². The highest BCUT2D eigenvalue weighted by Gasteiger charge is 2.36. The molecule has 8 heteroatoms. The molecule has 0 amide bonds. The second kappa shape index (κ2) is 7.68. The molecular weight excluding hydrogens is 394 g/mol. The molecule has 1 heterocycles. The van der Waals surface area contributed by atoms with Gasteiger partial charge in [-0.3, -0.25) is 0 Å². The summed E-state index contributed by atoms with van der Waals surface area (Å²) in [7, 11) is -1.10. The van der Waals surface area contributed by atoms with Crippen molar-refractivity contribution in [3.63, 3.8) is 0 Å². The maximum Gasteiger partial charge on any atom is 0.338 e. The lowest BCUT2D eigenvalue weighted by Crippen LogP contribution is -2.41. The molecule has 0 aromatic heterocycles. The van der Waals surface area contributed by atoms with Crippen LogP contribution in [0.4, 0.5) is 0 Å². The first kappa shape index (κ1) is 21.1. The molecule has 29 heavy (non-hydrogen) atoms. The molecule has 7 nitrogen and oxygen atoms in total. The van der Waals surface area contributed by atoms with E-state index in [1.807, 2.05) is 13.8 Å². The van der Waals surface area contributed by atoms with Crippen LogP contribution in [-0.2, 0) is 14.8 Å². The van der Waals surface area contributed by atoms with Gasteiger partial charge in [0.1, 0.15) is 17.1 Å². The van der Waals surface area contributed by atoms with Gasteiger partial charge in [0.05, 0.1) is 30.7 Å². The Kier molecular flexibility index (Phi) is 5.60. The molecule has 1 N–H and O–H groups in total. The Morgan fingerprint density at radius 3 is 2.55 bits per heavy atom. The van der Waals surface area contributed by atoms with E-state index < -0.39 is 27.6 Å². The standard InChI is InChI=1S/C21H25NO6S/c1-13-6-8-15(11-16(13)20(23)27-5)29(24,25)22-18-12-21(2,3)28-19-9-7-14(26-4)10-17(18)19/h6-11,18,22H,12H2,1-5H3/t18-/m1/s1. The zero-order valence-corrected chi connectivity index (χ0v) is 17.9. The second-order valence-electron chi connectivity index (χ2n) is 7.61. The lowest BCUT2D eigenvalue weighted by Gasteiger charge is -2.37. The summed E-state index contributed by atoms with van der Waals surface area (Å²) < 4.78 is 45.0. The van der Waals surface area contributed by atoms with E-state index in [4.69, 9.17) is 14.2 Å². The van der Waals surface area contributed by atoms with Gasteiger partial charge < -0.3 is 14.2 Å². The Balaban J connectivity index is 2.00. The fraction of sp³-hybridized carbons (Fsp3) is 0.381. The van der Waals surface area contributed by atoms with Crippen molar-refractivity contribution in [1.82, 2.24) is 4.72 Å². The SMILES string of the molecule is COC(=O)c1cc(S(=O)(=O)N[C@@H]2CC(C)(C)Oc3ccc(OC)cc32)ccc1C. The third-order valence-electron chi connectivity index (χ3n) is 4.90. The third-order valence-corrected chi connectivity index (χ3v) is 6.37. The molecule has 0 spiro atoms. The number of carbonyl (C=O) groups is 1. The molecule has 2 aromatic rings. The van der Waals surface area contributed by atoms with Crippen LogP contribution in [0.1, 0.15) is 47.8 Å². The Hall–Kier alpha value is -2.58. The molecule has 0 radical (unpaired) electrons. The highest BCUT2D eigenvalue weighted by atomic mass is 32.2. The summed E-state index contributed by atoms with van der Waals surface area (Å²) in [4.78, 5) is 12.0. The van der Waals surface area contributed by atoms with Crippen LogP contribution in [0.15, 0.2) is 41.3 Å². The predicted octanol–water partition coefficient (Wildman–Crippen LogP) is 3.37. The van der Waals surface area contributed by atoms with Crippen molar-refractivity contribution in [2.24, 2.45) is 0 Å². The molecule has 1 aliphatic heterocycles. The van der Waals surface area contributed by atoms with Crippen molar-refractivity contribution in [3.8, 4) is 11.5 Å². The minimum atomic E-state index is -3.91. The van der Waals surface area contributed by atoms with E-state index in [-0.39, 0.29) is 10.5 Å². The molecule has 3 rings (SSSR count). The van der Waals surface area contributed by atoms with Crippen molar-refractivity contribution >= 4 is 16.0 Å². The van der Waals surface area contributed by atoms with Gasteiger partial charge in [0.2, 0.25) is 10.0 Å². The van der Waals surface area contributed by atoms with Gasteiger partial charge >= 0.3 is 5.97 Å². The molecule has 0 saturated heterocycles. The molecule has 1 aliphatic rings. The molecule has 0 bridgehead atoms. The van der Waals surface area contributed by atoms with Crippen LogP contribution >= 0.6 is 0 Å². The monoisotopic (exact) mass is 419 g/mol. The summed E-state index contributed by atoms with van der Waals surface area (Å²) in [6, 6.07) is 9.20. The fourth-order valence-electron chi connectivity index (χ4n) is 3.42. The number of ether oxygens (including phenoxy) is 3. The maximum absolute atomic E-state index is 13.1. The highest BCUT2D eigenvalue weighted by molar-refractivity contribution is 7.89. The van der Waals surface area contributed by atoms with Crippen molar-refractivity contribution in [2.45, 2.75) is 43.7 Å². The number of methoxy groups -OCH3 is 2. The molecule has 0 saturated carbocycles. The number of hydrogen-bond acceptors (Lipinski definition) is 6. The van der Waals surface area contributed by atoms with Crippen LogP contribution in [0.5, 0.6) is 11.5 Å². The van der Waals surface area contributed by atoms with Crippen LogP contribution in [0.25, 0.3) is 0 Å². The van der Waals surface area contributed by atoms with Crippen LogP contribution in [0, 0.1) is 6.92 Å². The van der Waals surface area contributed by atoms with Gasteiger partial charge in [-0.15, -0.1) is 0 Å². The van der Waals surface area contributed by atoms with Gasteiger partial charge in [-0.1, -0.05) is 6.07 Å². The van der Waals surface area contributed by atoms with Crippen LogP contribution < -0.4 is 14.2 Å². The molecular formula is C21H25NO6S. The van der Waals surface area contributed by atoms with E-state index in [9.17, 15) is 13.2 Å². The maximum atomic E-state index is 13.1. The van der Waals surface area contributed by atoms with Gasteiger partial charge in [-0.05, 0) is 56.7 Å². The highest BCUT2D eigenvalue weighted by Crippen LogP contribution is 2.41. The van der Waals surface area contributed by atoms with Gasteiger partial charge in [0.25, 0.3) is 0 Å². The van der Waals surface area contributed by atoms with Gasteiger partial charge in [-0.25, -0.2) is 17.9 Å². The summed E-state index contributed by atoms with van der Waals surface area (Å²) in [6.07, 6.45) is 0.433. The second-order valence-corrected chi connectivity index (χ2v) is 9.33. The lowest BCUT2D eigenvalue weighted by molar-refractivity contribution is 0.0599. The minimum Gasteiger partial charge on any atom is -0.497 e. The predicted molar refractivity (Wildman–Crippen MR) is 108 cm³/mol. The number of carbonyl (C=O) groups excluding carboxylic acids is 1. The summed E-state index contributed by atoms with van der Waals surface area (Å²) in [6.45, 7) is 5.53. The van der Waals surface area contributed by atoms with E-state index in [2.05, 4.69) is 4.72 Å². The van der Waals surface area contributed by atoms with E-state index in [1.54, 1.807) is 38.3 Å². The first-order valence-corrected chi connectivity index (χ1v) is 10.6. The van der Waals surface area contributed by atoms with E-state index in [0.29, 0.717) is 29.0 Å². The van der Waals surface area contributed by atoms with Gasteiger partial charge in [0.15, 0.2) is 0 Å². The molecule has 0 unspecified atom stereocenters. The van der Waals surface area contributed by atoms with E-state index >= 15 is 0 Å². The molecule has 0 fully saturated rings. The molecule has 156 valence electrons. The summed E-state index contributed by atoms with van der Waals surface area (Å²) in [5.74, 6) is 0.635. The summed E-state index contributed by atoms with van der Waals surface area (Å²) >= 11 is 0. The number of esters is 1. The summed E-state index contributed by atoms with van der Waals surface area (Å²) in [5, 5.41) is 0. The largest absolute Gasteiger partial charge is 0.497 e. The van der Waals surface area contributed by atoms with E-state index in [0.717, 1.165) is 0 Å². The van der Waals surface area contributed by atoms with Crippen LogP contribution in [0.3, 0.4) is 0 Å². The molecule has 0 aliphatic carbocycles. The van der Waals surface area contributed by atoms with Crippen molar-refractivity contribution in [2.75, 3.05) is 14.2 Å². The first-order valence-electron chi connectivity index (χ1n) is 9.14. The fourth-order valence-corrected chi connectivity index (χ4v) is 4.66. The molecule has 2 aromatic carbocycles. The number of benzene rings is 2. The Morgan fingerprint density at radius 2 is 1.90 bits per heavy atom. The number of fused-ring (bicyclic) bond motifs is 1. The van der Waals surface area contributed by atoms with Gasteiger partial charge in [-0.2, -0.15) is 0 Å². The zero-order valence-electron chi connectivity index (χ0n) is 17.1. The normalized spacial score (nSPS) is 17.8. The van der Waals surface area contributed by atoms with Crippen molar-refractivity contribution in [1.29, 1.82) is 0 Å². The number of aryl methyl sites for hydroxylation is 1. The smallest absolute Gasteiger partial charge is 0.338 e. The quantitative estimate of drug-likeness (QED) is 0.747. The lowest BCUT2D eigenvalue weighted by atomic mass is 9.90. The number of sulfonamides is 1. The van der Waals surface area contributed by atoms with Crippen molar-refractivity contribution < 1.29 is 27.4 Å². The number of hydrogen-bond donors (Lipinski definition) is 1. The average molecular weight is 419 g/mol. The first-order chi connectivity index (χ1) is 13.6. The number of rotatable bonds is 5. The summed E-state index contributed by atoms with van der Waals surface area (Å²) in [5.41, 5.74) is 0.995. The van der Waals surface area contributed by atoms with E-state index in [1.165, 1.54) is 19.2 Å². The van der Waals surface area contributed by atoms with Crippen LogP contribution in [0.2, 0.25) is 0 Å². The Morgan fingerprint density at radius 1 is 1.17 bits per heavy atom. The van der Waals surface area contributed by atoms with Crippen LogP contribution in [-0.4, -0.2) is 34.2 Å². The minimum absolute atomic E-state index is 0.00255. The zero-order chi connectivity index (χ0) is 21.4. The molecule has 1 atom stereocenters. The van der Waals surface area contributed by atoms with Crippen molar-refractivity contribution in [3.05, 3.63) is 53.1 Å². The topological polar surface area (TPSA) is 90.9 Å². The number of nitrogens with one attached hydrogen (secondary N) is 1. The Labute approximate surface area is 171 Å². The Bertz CT molecular complexity index is 1050.